The number of hydrogen-bond donors (Lipinski definition) is 1. The van der Waals surface area contributed by atoms with Gasteiger partial charge in [-0.25, -0.2) is 29.5 Å². The average Bonchev–Trinajstić information content (AvgIpc) is 4.16. The zero-order chi connectivity index (χ0) is 53.9. The van der Waals surface area contributed by atoms with Crippen molar-refractivity contribution in [1.29, 1.82) is 0 Å². The highest BCUT2D eigenvalue weighted by Crippen LogP contribution is 2.34. The van der Waals surface area contributed by atoms with Crippen molar-refractivity contribution in [2.45, 2.75) is 72.5 Å². The third-order valence-electron chi connectivity index (χ3n) is 10.3. The summed E-state index contributed by atoms with van der Waals surface area (Å²) < 4.78 is 82.2. The summed E-state index contributed by atoms with van der Waals surface area (Å²) in [6.45, 7) is 4.28. The minimum Gasteiger partial charge on any atom is -0.315 e. The van der Waals surface area contributed by atoms with Crippen LogP contribution >= 0.6 is 34.3 Å². The fraction of sp³-hybridized carbons (Fsp3) is 0.318. The highest BCUT2D eigenvalue weighted by atomic mass is 35.5. The first kappa shape index (κ1) is 54.7. The van der Waals surface area contributed by atoms with E-state index >= 15 is 0 Å². The fourth-order valence-corrected chi connectivity index (χ4v) is 8.73. The number of halogens is 7. The van der Waals surface area contributed by atoms with Crippen LogP contribution in [0.3, 0.4) is 0 Å². The Hall–Kier alpha value is -7.59. The van der Waals surface area contributed by atoms with Gasteiger partial charge in [0.2, 0.25) is 5.91 Å². The summed E-state index contributed by atoms with van der Waals surface area (Å²) in [5.41, 5.74) is -2.37. The van der Waals surface area contributed by atoms with E-state index in [1.165, 1.54) is 79.1 Å². The van der Waals surface area contributed by atoms with E-state index in [0.717, 1.165) is 37.4 Å². The minimum atomic E-state index is -4.57. The minimum absolute atomic E-state index is 0.0289. The van der Waals surface area contributed by atoms with Crippen LogP contribution in [0.15, 0.2) is 65.8 Å². The van der Waals surface area contributed by atoms with Crippen molar-refractivity contribution in [3.8, 4) is 21.1 Å². The van der Waals surface area contributed by atoms with E-state index in [9.17, 15) is 64.7 Å². The van der Waals surface area contributed by atoms with Gasteiger partial charge in [-0.3, -0.25) is 57.0 Å². The summed E-state index contributed by atoms with van der Waals surface area (Å²) in [4.78, 5) is 119. The largest absolute Gasteiger partial charge is 0.433 e. The molecule has 0 spiro atoms. The number of aromatic nitrogens is 10. The van der Waals surface area contributed by atoms with E-state index in [1.807, 2.05) is 0 Å². The van der Waals surface area contributed by atoms with Crippen LogP contribution in [0.2, 0.25) is 0 Å². The number of thiazole rings is 2. The van der Waals surface area contributed by atoms with Crippen molar-refractivity contribution >= 4 is 86.5 Å². The monoisotopic (exact) mass is 1080 g/mol. The Balaban J connectivity index is 0.000000198. The number of pyridine rings is 2. The second-order valence-corrected chi connectivity index (χ2v) is 18.1. The van der Waals surface area contributed by atoms with Crippen molar-refractivity contribution in [1.82, 2.24) is 47.8 Å². The first-order valence-electron chi connectivity index (χ1n) is 21.0. The second kappa shape index (κ2) is 22.0. The number of ketones is 3. The molecular weight excluding hydrogens is 1040 g/mol. The van der Waals surface area contributed by atoms with Crippen LogP contribution in [0, 0.1) is 13.8 Å². The number of nitrogens with one attached hydrogen (secondary N) is 1. The van der Waals surface area contributed by atoms with Gasteiger partial charge in [0.1, 0.15) is 51.2 Å². The number of nitrogens with zero attached hydrogens (tertiary/aromatic N) is 11. The van der Waals surface area contributed by atoms with Crippen molar-refractivity contribution < 1.29 is 45.5 Å². The Kier molecular flexibility index (Phi) is 16.5. The fourth-order valence-electron chi connectivity index (χ4n) is 7.10. The number of fused-ring (bicyclic) bond motifs is 2. The number of aliphatic imine (C=N–C) groups is 1. The number of carbonyl (C=O) groups excluding carboxylic acids is 4. The van der Waals surface area contributed by atoms with E-state index < -0.39 is 64.5 Å². The van der Waals surface area contributed by atoms with Crippen molar-refractivity contribution in [3.63, 3.8) is 0 Å². The Bertz CT molecular complexity index is 3610. The van der Waals surface area contributed by atoms with Gasteiger partial charge in [0.15, 0.2) is 16.9 Å². The highest BCUT2D eigenvalue weighted by molar-refractivity contribution is 7.13. The lowest BCUT2D eigenvalue weighted by Gasteiger charge is -2.09. The van der Waals surface area contributed by atoms with E-state index in [2.05, 4.69) is 35.2 Å². The summed E-state index contributed by atoms with van der Waals surface area (Å²) in [7, 11) is 2.94. The van der Waals surface area contributed by atoms with Crippen LogP contribution in [0.25, 0.3) is 32.3 Å². The van der Waals surface area contributed by atoms with E-state index in [0.29, 0.717) is 44.6 Å². The Morgan fingerprint density at radius 2 is 1.27 bits per heavy atom. The maximum Gasteiger partial charge on any atom is 0.433 e. The lowest BCUT2D eigenvalue weighted by Crippen LogP contribution is -2.41. The number of imidazole rings is 1. The molecule has 7 aromatic rings. The van der Waals surface area contributed by atoms with Gasteiger partial charge in [0.05, 0.1) is 43.0 Å². The summed E-state index contributed by atoms with van der Waals surface area (Å²) in [5.74, 6) is -0.880. The lowest BCUT2D eigenvalue weighted by atomic mass is 10.1. The van der Waals surface area contributed by atoms with E-state index in [1.54, 1.807) is 18.6 Å². The first-order valence-corrected chi connectivity index (χ1v) is 23.3. The molecule has 1 N–H and O–H groups in total. The number of anilines is 1. The molecule has 0 unspecified atom stereocenters. The number of Topliss-reactive ketones (excluding diaryl/α,β-unsaturated/α-hetero) is 3. The molecule has 8 heterocycles. The van der Waals surface area contributed by atoms with Gasteiger partial charge in [0.25, 0.3) is 11.1 Å². The van der Waals surface area contributed by atoms with Gasteiger partial charge in [0, 0.05) is 61.0 Å². The topological polar surface area (TPSA) is 250 Å². The molecule has 73 heavy (non-hydrogen) atoms. The highest BCUT2D eigenvalue weighted by Gasteiger charge is 2.35. The molecule has 0 bridgehead atoms. The molecule has 0 aromatic carbocycles. The molecule has 1 aliphatic heterocycles. The van der Waals surface area contributed by atoms with Crippen molar-refractivity contribution in [3.05, 3.63) is 117 Å². The van der Waals surface area contributed by atoms with Gasteiger partial charge in [-0.1, -0.05) is 0 Å². The molecule has 1 aliphatic rings. The second-order valence-electron chi connectivity index (χ2n) is 16.1. The van der Waals surface area contributed by atoms with Crippen LogP contribution in [-0.2, 0) is 78.1 Å². The molecular formula is C44H39ClF6N12O8S2. The number of rotatable bonds is 12. The zero-order valence-corrected chi connectivity index (χ0v) is 41.4. The predicted molar refractivity (Wildman–Crippen MR) is 257 cm³/mol. The van der Waals surface area contributed by atoms with Gasteiger partial charge in [-0.2, -0.15) is 26.3 Å². The quantitative estimate of drug-likeness (QED) is 0.122. The molecule has 0 radical (unpaired) electrons. The van der Waals surface area contributed by atoms with Crippen molar-refractivity contribution in [2.24, 2.45) is 19.1 Å². The first-order chi connectivity index (χ1) is 34.2. The number of carbonyl (C=O) groups is 4. The molecule has 0 fully saturated rings. The van der Waals surface area contributed by atoms with Gasteiger partial charge >= 0.3 is 23.7 Å². The summed E-state index contributed by atoms with van der Waals surface area (Å²) in [5, 5.41) is 6.63. The van der Waals surface area contributed by atoms with Gasteiger partial charge in [-0.15, -0.1) is 34.3 Å². The molecule has 1 amide bonds. The Morgan fingerprint density at radius 1 is 0.740 bits per heavy atom. The molecule has 0 saturated carbocycles. The van der Waals surface area contributed by atoms with E-state index in [-0.39, 0.29) is 65.1 Å². The van der Waals surface area contributed by atoms with Crippen LogP contribution in [-0.4, -0.2) is 83.1 Å². The van der Waals surface area contributed by atoms with Crippen LogP contribution in [0.1, 0.15) is 47.6 Å². The number of amides is 1. The Morgan fingerprint density at radius 3 is 1.81 bits per heavy atom. The van der Waals surface area contributed by atoms with Crippen LogP contribution in [0.4, 0.5) is 38.0 Å². The van der Waals surface area contributed by atoms with Crippen molar-refractivity contribution in [2.75, 3.05) is 11.2 Å². The molecule has 7 aromatic heterocycles. The smallest absolute Gasteiger partial charge is 0.315 e. The number of alkyl halides is 7. The number of hydrogen-bond acceptors (Lipinski definition) is 16. The zero-order valence-electron chi connectivity index (χ0n) is 39.0. The third-order valence-corrected chi connectivity index (χ3v) is 12.5. The van der Waals surface area contributed by atoms with Crippen LogP contribution in [0.5, 0.6) is 0 Å². The van der Waals surface area contributed by atoms with Crippen LogP contribution < -0.4 is 27.8 Å². The molecule has 0 atom stereocenters. The Labute approximate surface area is 419 Å². The van der Waals surface area contributed by atoms with Gasteiger partial charge in [-0.05, 0) is 51.0 Å². The molecule has 384 valence electrons. The SMILES string of the molecule is CC(=O)Cn1c(=O)c2c(n(C)c1=O)N=CC2.CC(=O)Cn1c(=O)c2c(ncn2CC(=O)Nc2csc(-c3cnc(C(F)(F)F)c(C)c3)n2)n(C)c1=O.Cc1cc(-c2nc(CC(=O)CCl)cs2)cnc1C(F)(F)F. The normalized spacial score (nSPS) is 12.0. The molecule has 29 heteroatoms. The lowest BCUT2D eigenvalue weighted by molar-refractivity contribution is -0.142. The molecule has 0 aliphatic carbocycles. The summed E-state index contributed by atoms with van der Waals surface area (Å²) in [6.07, 6.45) is -3.48. The average molecular weight is 1080 g/mol. The summed E-state index contributed by atoms with van der Waals surface area (Å²) >= 11 is 7.77. The molecule has 20 nitrogen and oxygen atoms in total. The standard InChI is InChI=1S/C21H18F3N7O4S.C13H10ClF3N2OS.C10H11N3O3/c1-10-4-12(5-25-16(10)21(22,23)24)18-28-13(8-36-18)27-14(33)7-30-9-26-17-15(30)19(34)31(6-11(2)32)20(35)29(17)3;1-7-2-8(5-18-11(7)13(15,16)17)12-19-9(6-21-12)3-10(20)4-14;1-6(14)5-13-9(15)7-3-4-11-8(7)12(2)10(13)16/h4-5,8-9H,6-7H2,1-3H3,(H,27,33);2,5-6H,3-4H2,1H3;4H,3,5H2,1-2H3. The maximum atomic E-state index is 12.9. The maximum absolute atomic E-state index is 12.9. The summed E-state index contributed by atoms with van der Waals surface area (Å²) in [6, 6.07) is 2.70. The van der Waals surface area contributed by atoms with E-state index in [4.69, 9.17) is 11.6 Å². The molecule has 0 saturated heterocycles. The predicted octanol–water partition coefficient (Wildman–Crippen LogP) is 5.25. The third kappa shape index (κ3) is 12.5. The number of aryl methyl sites for hydroxylation is 3. The van der Waals surface area contributed by atoms with Gasteiger partial charge < -0.3 is 9.88 Å². The molecule has 8 rings (SSSR count).